The Kier molecular flexibility index (Phi) is 6.33. The lowest BCUT2D eigenvalue weighted by molar-refractivity contribution is -0.385. The molecule has 0 bridgehead atoms. The Morgan fingerprint density at radius 2 is 2.10 bits per heavy atom. The molecule has 1 aliphatic rings. The molecular weight excluding hydrogens is 430 g/mol. The molecule has 1 saturated heterocycles. The number of carbonyl (C=O) groups is 2. The highest BCUT2D eigenvalue weighted by Gasteiger charge is 2.34. The number of hydrogen-bond acceptors (Lipinski definition) is 8. The van der Waals surface area contributed by atoms with Crippen LogP contribution >= 0.6 is 24.0 Å². The fourth-order valence-corrected chi connectivity index (χ4v) is 3.77. The summed E-state index contributed by atoms with van der Waals surface area (Å²) < 4.78 is 5.40. The zero-order valence-electron chi connectivity index (χ0n) is 15.5. The van der Waals surface area contributed by atoms with Crippen molar-refractivity contribution in [3.8, 4) is 11.5 Å². The molecule has 1 aliphatic heterocycles. The van der Waals surface area contributed by atoms with Crippen molar-refractivity contribution in [3.63, 3.8) is 0 Å². The van der Waals surface area contributed by atoms with Gasteiger partial charge in [0.1, 0.15) is 5.56 Å². The predicted molar refractivity (Wildman–Crippen MR) is 115 cm³/mol. The maximum atomic E-state index is 12.7. The van der Waals surface area contributed by atoms with Crippen molar-refractivity contribution in [1.82, 2.24) is 10.4 Å². The number of ether oxygens (including phenoxy) is 1. The SMILES string of the molecule is CCOc1cc(/C=C2/SC(=S)N(NC(=O)c3ccccc3[N+](=O)[O-])C2=O)ccc1O. The van der Waals surface area contributed by atoms with Gasteiger partial charge < -0.3 is 9.84 Å². The number of para-hydroxylation sites is 1. The fraction of sp³-hybridized carbons (Fsp3) is 0.105. The lowest BCUT2D eigenvalue weighted by Crippen LogP contribution is -2.45. The van der Waals surface area contributed by atoms with Crippen molar-refractivity contribution in [2.75, 3.05) is 6.61 Å². The topological polar surface area (TPSA) is 122 Å². The van der Waals surface area contributed by atoms with Gasteiger partial charge >= 0.3 is 0 Å². The van der Waals surface area contributed by atoms with Crippen LogP contribution in [0, 0.1) is 10.1 Å². The molecule has 2 aromatic carbocycles. The molecule has 154 valence electrons. The van der Waals surface area contributed by atoms with Crippen LogP contribution in [-0.4, -0.2) is 37.8 Å². The van der Waals surface area contributed by atoms with Crippen molar-refractivity contribution in [2.45, 2.75) is 6.92 Å². The van der Waals surface area contributed by atoms with E-state index >= 15 is 0 Å². The van der Waals surface area contributed by atoms with Crippen molar-refractivity contribution < 1.29 is 24.4 Å². The first kappa shape index (κ1) is 21.3. The van der Waals surface area contributed by atoms with E-state index in [0.29, 0.717) is 12.2 Å². The number of benzene rings is 2. The quantitative estimate of drug-likeness (QED) is 0.301. The highest BCUT2D eigenvalue weighted by Crippen LogP contribution is 2.34. The van der Waals surface area contributed by atoms with Crippen LogP contribution in [0.15, 0.2) is 47.4 Å². The van der Waals surface area contributed by atoms with Crippen LogP contribution in [0.1, 0.15) is 22.8 Å². The van der Waals surface area contributed by atoms with E-state index in [0.717, 1.165) is 16.8 Å². The first-order valence-corrected chi connectivity index (χ1v) is 9.82. The summed E-state index contributed by atoms with van der Waals surface area (Å²) in [5.74, 6) is -1.17. The van der Waals surface area contributed by atoms with Crippen LogP contribution in [0.25, 0.3) is 6.08 Å². The Bertz CT molecular complexity index is 1090. The minimum atomic E-state index is -0.830. The zero-order chi connectivity index (χ0) is 21.8. The van der Waals surface area contributed by atoms with E-state index in [1.165, 1.54) is 30.3 Å². The van der Waals surface area contributed by atoms with E-state index in [1.807, 2.05) is 0 Å². The number of nitro benzene ring substituents is 1. The van der Waals surface area contributed by atoms with Crippen LogP contribution in [0.5, 0.6) is 11.5 Å². The van der Waals surface area contributed by atoms with E-state index < -0.39 is 16.7 Å². The van der Waals surface area contributed by atoms with E-state index in [1.54, 1.807) is 25.1 Å². The normalized spacial score (nSPS) is 14.8. The number of nitrogens with zero attached hydrogens (tertiary/aromatic N) is 2. The number of hydrazine groups is 1. The first-order valence-electron chi connectivity index (χ1n) is 8.60. The average molecular weight is 445 g/mol. The summed E-state index contributed by atoms with van der Waals surface area (Å²) >= 11 is 6.13. The summed E-state index contributed by atoms with van der Waals surface area (Å²) in [6, 6.07) is 9.99. The Labute approximate surface area is 180 Å². The number of phenolic OH excluding ortho intramolecular Hbond substituents is 1. The maximum absolute atomic E-state index is 12.7. The molecule has 0 radical (unpaired) electrons. The molecule has 0 saturated carbocycles. The van der Waals surface area contributed by atoms with Gasteiger partial charge in [0.2, 0.25) is 0 Å². The summed E-state index contributed by atoms with van der Waals surface area (Å²) in [7, 11) is 0. The van der Waals surface area contributed by atoms with Crippen LogP contribution in [0.3, 0.4) is 0 Å². The van der Waals surface area contributed by atoms with Crippen LogP contribution in [-0.2, 0) is 4.79 Å². The number of carbonyl (C=O) groups excluding carboxylic acids is 2. The van der Waals surface area contributed by atoms with E-state index in [4.69, 9.17) is 17.0 Å². The molecular formula is C19H15N3O6S2. The van der Waals surface area contributed by atoms with Crippen LogP contribution in [0.2, 0.25) is 0 Å². The lowest BCUT2D eigenvalue weighted by atomic mass is 10.1. The summed E-state index contributed by atoms with van der Waals surface area (Å²) in [4.78, 5) is 35.9. The third-order valence-corrected chi connectivity index (χ3v) is 5.24. The highest BCUT2D eigenvalue weighted by molar-refractivity contribution is 8.26. The van der Waals surface area contributed by atoms with Gasteiger partial charge in [-0.3, -0.25) is 25.1 Å². The molecule has 2 amide bonds. The van der Waals surface area contributed by atoms with Gasteiger partial charge in [0.05, 0.1) is 16.4 Å². The Morgan fingerprint density at radius 3 is 2.80 bits per heavy atom. The van der Waals surface area contributed by atoms with Gasteiger partial charge in [-0.05, 0) is 49.0 Å². The number of thioether (sulfide) groups is 1. The molecule has 11 heteroatoms. The Morgan fingerprint density at radius 1 is 1.37 bits per heavy atom. The number of aromatic hydroxyl groups is 1. The van der Waals surface area contributed by atoms with Gasteiger partial charge in [0.25, 0.3) is 17.5 Å². The number of nitro groups is 1. The second kappa shape index (κ2) is 8.93. The molecule has 0 unspecified atom stereocenters. The molecule has 0 aliphatic carbocycles. The van der Waals surface area contributed by atoms with Gasteiger partial charge in [0.15, 0.2) is 15.8 Å². The number of thiocarbonyl (C=S) groups is 1. The van der Waals surface area contributed by atoms with Gasteiger partial charge in [-0.25, -0.2) is 0 Å². The largest absolute Gasteiger partial charge is 0.504 e. The predicted octanol–water partition coefficient (Wildman–Crippen LogP) is 3.25. The number of phenols is 1. The molecule has 0 spiro atoms. The van der Waals surface area contributed by atoms with Gasteiger partial charge in [-0.2, -0.15) is 5.01 Å². The third kappa shape index (κ3) is 4.42. The maximum Gasteiger partial charge on any atom is 0.285 e. The van der Waals surface area contributed by atoms with Crippen molar-refractivity contribution >= 4 is 51.9 Å². The third-order valence-electron chi connectivity index (χ3n) is 3.93. The minimum absolute atomic E-state index is 0.0294. The molecule has 2 aromatic rings. The van der Waals surface area contributed by atoms with E-state index in [-0.39, 0.29) is 32.0 Å². The molecule has 2 N–H and O–H groups in total. The molecule has 3 rings (SSSR count). The van der Waals surface area contributed by atoms with Gasteiger partial charge in [-0.15, -0.1) is 0 Å². The number of amides is 2. The number of rotatable bonds is 6. The number of nitrogens with one attached hydrogen (secondary N) is 1. The highest BCUT2D eigenvalue weighted by atomic mass is 32.2. The molecule has 30 heavy (non-hydrogen) atoms. The summed E-state index contributed by atoms with van der Waals surface area (Å²) in [6.07, 6.45) is 1.54. The van der Waals surface area contributed by atoms with Gasteiger partial charge in [-0.1, -0.05) is 30.0 Å². The van der Waals surface area contributed by atoms with Crippen molar-refractivity contribution in [1.29, 1.82) is 0 Å². The monoisotopic (exact) mass is 445 g/mol. The fourth-order valence-electron chi connectivity index (χ4n) is 2.59. The molecule has 9 nitrogen and oxygen atoms in total. The smallest absolute Gasteiger partial charge is 0.285 e. The second-order valence-electron chi connectivity index (χ2n) is 5.89. The van der Waals surface area contributed by atoms with Crippen molar-refractivity contribution in [2.24, 2.45) is 0 Å². The first-order chi connectivity index (χ1) is 14.3. The average Bonchev–Trinajstić information content (AvgIpc) is 2.98. The molecule has 1 fully saturated rings. The van der Waals surface area contributed by atoms with Crippen LogP contribution < -0.4 is 10.2 Å². The molecule has 0 aromatic heterocycles. The summed E-state index contributed by atoms with van der Waals surface area (Å²) in [5, 5.41) is 21.8. The van der Waals surface area contributed by atoms with Crippen LogP contribution in [0.4, 0.5) is 5.69 Å². The Balaban J connectivity index is 1.82. The number of hydrogen-bond donors (Lipinski definition) is 2. The standard InChI is InChI=1S/C19H15N3O6S2/c1-2-28-15-9-11(7-8-14(15)23)10-16-18(25)21(19(29)30-16)20-17(24)12-5-3-4-6-13(12)22(26)27/h3-10,23H,2H2,1H3,(H,20,24)/b16-10+. The molecule has 1 heterocycles. The summed E-state index contributed by atoms with van der Waals surface area (Å²) in [6.45, 7) is 2.13. The van der Waals surface area contributed by atoms with E-state index in [2.05, 4.69) is 5.43 Å². The minimum Gasteiger partial charge on any atom is -0.504 e. The summed E-state index contributed by atoms with van der Waals surface area (Å²) in [5.41, 5.74) is 2.32. The van der Waals surface area contributed by atoms with E-state index in [9.17, 15) is 24.8 Å². The van der Waals surface area contributed by atoms with Crippen molar-refractivity contribution in [3.05, 3.63) is 68.6 Å². The zero-order valence-corrected chi connectivity index (χ0v) is 17.2. The molecule has 0 atom stereocenters. The Hall–Kier alpha value is -3.44. The lowest BCUT2D eigenvalue weighted by Gasteiger charge is -2.15. The van der Waals surface area contributed by atoms with Gasteiger partial charge in [0, 0.05) is 6.07 Å². The second-order valence-corrected chi connectivity index (χ2v) is 7.57.